The molecule has 0 aliphatic rings. The first kappa shape index (κ1) is 26.9. The standard InChI is InChI=1S/C23H34N2O7/c1-15(24-20(31)32-14-16-11-9-8-10-12-16)18(28)25(22(5,6)7)23(19(29)30,13-17(26)27)21(2,3)4/h8-12,15H,13-14H2,1-7H3,(H,24,31)(H,26,27)(H,29,30)/t15-,23-/m0/s1. The molecule has 0 aliphatic carbocycles. The van der Waals surface area contributed by atoms with Crippen molar-refractivity contribution in [1.82, 2.24) is 10.2 Å². The van der Waals surface area contributed by atoms with Crippen LogP contribution < -0.4 is 5.32 Å². The maximum Gasteiger partial charge on any atom is 0.408 e. The number of carbonyl (C=O) groups is 4. The van der Waals surface area contributed by atoms with Gasteiger partial charge < -0.3 is 25.2 Å². The van der Waals surface area contributed by atoms with Crippen LogP contribution in [0.4, 0.5) is 4.79 Å². The smallest absolute Gasteiger partial charge is 0.408 e. The van der Waals surface area contributed by atoms with Crippen molar-refractivity contribution in [2.24, 2.45) is 5.41 Å². The molecule has 9 nitrogen and oxygen atoms in total. The summed E-state index contributed by atoms with van der Waals surface area (Å²) < 4.78 is 5.15. The molecule has 178 valence electrons. The third kappa shape index (κ3) is 6.21. The van der Waals surface area contributed by atoms with E-state index in [1.807, 2.05) is 6.07 Å². The minimum absolute atomic E-state index is 0.00334. The average Bonchev–Trinajstić information content (AvgIpc) is 2.63. The summed E-state index contributed by atoms with van der Waals surface area (Å²) in [6, 6.07) is 7.81. The quantitative estimate of drug-likeness (QED) is 0.553. The maximum atomic E-state index is 13.5. The molecule has 2 amide bonds. The Kier molecular flexibility index (Phi) is 8.43. The van der Waals surface area contributed by atoms with Gasteiger partial charge in [0.25, 0.3) is 0 Å². The number of carboxylic acids is 2. The Labute approximate surface area is 188 Å². The van der Waals surface area contributed by atoms with Gasteiger partial charge in [-0.25, -0.2) is 9.59 Å². The van der Waals surface area contributed by atoms with Crippen LogP contribution in [0.25, 0.3) is 0 Å². The van der Waals surface area contributed by atoms with E-state index in [0.29, 0.717) is 0 Å². The number of amides is 2. The highest BCUT2D eigenvalue weighted by Crippen LogP contribution is 2.43. The number of nitrogens with zero attached hydrogens (tertiary/aromatic N) is 1. The Morgan fingerprint density at radius 2 is 1.53 bits per heavy atom. The molecule has 3 N–H and O–H groups in total. The van der Waals surface area contributed by atoms with E-state index in [1.54, 1.807) is 65.8 Å². The van der Waals surface area contributed by atoms with Crippen molar-refractivity contribution in [2.75, 3.05) is 0 Å². The molecule has 0 unspecified atom stereocenters. The van der Waals surface area contributed by atoms with E-state index in [0.717, 1.165) is 10.5 Å². The number of ether oxygens (including phenoxy) is 1. The molecule has 0 spiro atoms. The largest absolute Gasteiger partial charge is 0.481 e. The molecule has 0 fully saturated rings. The van der Waals surface area contributed by atoms with Gasteiger partial charge in [0, 0.05) is 5.54 Å². The molecule has 0 radical (unpaired) electrons. The Morgan fingerprint density at radius 3 is 1.94 bits per heavy atom. The summed E-state index contributed by atoms with van der Waals surface area (Å²) >= 11 is 0. The third-order valence-electron chi connectivity index (χ3n) is 5.19. The van der Waals surface area contributed by atoms with E-state index < -0.39 is 52.9 Å². The lowest BCUT2D eigenvalue weighted by Gasteiger charge is -2.54. The van der Waals surface area contributed by atoms with Crippen molar-refractivity contribution in [3.8, 4) is 0 Å². The van der Waals surface area contributed by atoms with Crippen LogP contribution in [-0.2, 0) is 25.7 Å². The number of hydrogen-bond acceptors (Lipinski definition) is 5. The van der Waals surface area contributed by atoms with Crippen LogP contribution in [0, 0.1) is 5.41 Å². The van der Waals surface area contributed by atoms with Gasteiger partial charge >= 0.3 is 18.0 Å². The predicted molar refractivity (Wildman–Crippen MR) is 118 cm³/mol. The van der Waals surface area contributed by atoms with E-state index in [2.05, 4.69) is 5.32 Å². The number of benzene rings is 1. The fourth-order valence-electron chi connectivity index (χ4n) is 3.68. The second kappa shape index (κ2) is 10.0. The van der Waals surface area contributed by atoms with Gasteiger partial charge in [0.05, 0.1) is 6.42 Å². The van der Waals surface area contributed by atoms with Gasteiger partial charge in [0.15, 0.2) is 5.54 Å². The van der Waals surface area contributed by atoms with Gasteiger partial charge in [0.2, 0.25) is 5.91 Å². The monoisotopic (exact) mass is 450 g/mol. The van der Waals surface area contributed by atoms with Crippen LogP contribution in [0.5, 0.6) is 0 Å². The first-order valence-electron chi connectivity index (χ1n) is 10.3. The predicted octanol–water partition coefficient (Wildman–Crippen LogP) is 3.27. The highest BCUT2D eigenvalue weighted by Gasteiger charge is 2.59. The van der Waals surface area contributed by atoms with Crippen molar-refractivity contribution >= 4 is 23.9 Å². The van der Waals surface area contributed by atoms with E-state index in [1.165, 1.54) is 6.92 Å². The van der Waals surface area contributed by atoms with Gasteiger partial charge in [-0.2, -0.15) is 0 Å². The van der Waals surface area contributed by atoms with Crippen molar-refractivity contribution in [2.45, 2.75) is 78.6 Å². The van der Waals surface area contributed by atoms with Gasteiger partial charge in [-0.05, 0) is 38.7 Å². The number of hydrogen-bond donors (Lipinski definition) is 3. The van der Waals surface area contributed by atoms with Crippen LogP contribution in [0.1, 0.15) is 60.5 Å². The first-order valence-corrected chi connectivity index (χ1v) is 10.3. The third-order valence-corrected chi connectivity index (χ3v) is 5.19. The Bertz CT molecular complexity index is 840. The van der Waals surface area contributed by atoms with Crippen LogP contribution in [0.2, 0.25) is 0 Å². The molecule has 2 atom stereocenters. The fourth-order valence-corrected chi connectivity index (χ4v) is 3.68. The summed E-state index contributed by atoms with van der Waals surface area (Å²) in [5.74, 6) is -3.52. The number of nitrogens with one attached hydrogen (secondary N) is 1. The lowest BCUT2D eigenvalue weighted by molar-refractivity contribution is -0.182. The average molecular weight is 451 g/mol. The Hall–Kier alpha value is -3.10. The molecular formula is C23H34N2O7. The number of carboxylic acid groups (broad SMARTS) is 2. The zero-order chi connectivity index (χ0) is 24.9. The van der Waals surface area contributed by atoms with Gasteiger partial charge in [0.1, 0.15) is 12.6 Å². The summed E-state index contributed by atoms with van der Waals surface area (Å²) in [6.07, 6.45) is -1.65. The highest BCUT2D eigenvalue weighted by atomic mass is 16.5. The molecule has 0 bridgehead atoms. The van der Waals surface area contributed by atoms with E-state index in [4.69, 9.17) is 4.74 Å². The zero-order valence-corrected chi connectivity index (χ0v) is 19.8. The summed E-state index contributed by atoms with van der Waals surface area (Å²) in [7, 11) is 0. The molecule has 0 aromatic heterocycles. The van der Waals surface area contributed by atoms with E-state index in [9.17, 15) is 29.4 Å². The molecule has 32 heavy (non-hydrogen) atoms. The fraction of sp³-hybridized carbons (Fsp3) is 0.565. The number of alkyl carbamates (subject to hydrolysis) is 1. The second-order valence-electron chi connectivity index (χ2n) is 9.76. The molecule has 9 heteroatoms. The lowest BCUT2D eigenvalue weighted by Crippen LogP contribution is -2.71. The van der Waals surface area contributed by atoms with E-state index in [-0.39, 0.29) is 6.61 Å². The SMILES string of the molecule is C[C@H](NC(=O)OCc1ccccc1)C(=O)N(C(C)(C)C)[C@@](CC(=O)O)(C(=O)O)C(C)(C)C. The maximum absolute atomic E-state index is 13.5. The summed E-state index contributed by atoms with van der Waals surface area (Å²) in [6.45, 7) is 11.0. The summed E-state index contributed by atoms with van der Waals surface area (Å²) in [4.78, 5) is 51.0. The highest BCUT2D eigenvalue weighted by molar-refractivity contribution is 5.94. The normalized spacial score (nSPS) is 14.6. The van der Waals surface area contributed by atoms with Crippen LogP contribution in [0.3, 0.4) is 0 Å². The van der Waals surface area contributed by atoms with Crippen LogP contribution in [0.15, 0.2) is 30.3 Å². The van der Waals surface area contributed by atoms with Crippen molar-refractivity contribution < 1.29 is 34.1 Å². The number of rotatable bonds is 8. The molecule has 0 saturated carbocycles. The zero-order valence-electron chi connectivity index (χ0n) is 19.8. The molecular weight excluding hydrogens is 416 g/mol. The Morgan fingerprint density at radius 1 is 1.00 bits per heavy atom. The van der Waals surface area contributed by atoms with E-state index >= 15 is 0 Å². The first-order chi connectivity index (χ1) is 14.5. The van der Waals surface area contributed by atoms with Crippen molar-refractivity contribution in [1.29, 1.82) is 0 Å². The van der Waals surface area contributed by atoms with Gasteiger partial charge in [-0.1, -0.05) is 51.1 Å². The van der Waals surface area contributed by atoms with Gasteiger partial charge in [-0.15, -0.1) is 0 Å². The number of aliphatic carboxylic acids is 2. The summed E-state index contributed by atoms with van der Waals surface area (Å²) in [5.41, 5.74) is -3.52. The molecule has 1 aromatic carbocycles. The minimum atomic E-state index is -2.07. The lowest BCUT2D eigenvalue weighted by atomic mass is 9.68. The molecule has 1 rings (SSSR count). The van der Waals surface area contributed by atoms with Crippen LogP contribution >= 0.6 is 0 Å². The minimum Gasteiger partial charge on any atom is -0.481 e. The van der Waals surface area contributed by atoms with Crippen LogP contribution in [-0.4, -0.2) is 56.2 Å². The molecule has 0 aliphatic heterocycles. The number of carbonyl (C=O) groups excluding carboxylic acids is 2. The topological polar surface area (TPSA) is 133 Å². The molecule has 0 heterocycles. The van der Waals surface area contributed by atoms with Gasteiger partial charge in [-0.3, -0.25) is 9.59 Å². The molecule has 0 saturated heterocycles. The van der Waals surface area contributed by atoms with Crippen molar-refractivity contribution in [3.05, 3.63) is 35.9 Å². The molecule has 1 aromatic rings. The second-order valence-corrected chi connectivity index (χ2v) is 9.76. The van der Waals surface area contributed by atoms with Crippen molar-refractivity contribution in [3.63, 3.8) is 0 Å². The Balaban J connectivity index is 3.23. The summed E-state index contributed by atoms with van der Waals surface area (Å²) in [5, 5.41) is 22.2.